The van der Waals surface area contributed by atoms with Gasteiger partial charge in [0.2, 0.25) is 0 Å². The second kappa shape index (κ2) is 4.77. The number of amides is 1. The minimum absolute atomic E-state index is 0.0600. The summed E-state index contributed by atoms with van der Waals surface area (Å²) < 4.78 is 50.6. The summed E-state index contributed by atoms with van der Waals surface area (Å²) in [6.07, 6.45) is -3.90. The lowest BCUT2D eigenvalue weighted by Crippen LogP contribution is -2.47. The molecule has 1 aromatic rings. The monoisotopic (exact) mass is 291 g/mol. The lowest BCUT2D eigenvalue weighted by Gasteiger charge is -2.23. The van der Waals surface area contributed by atoms with E-state index < -0.39 is 24.2 Å². The molecule has 1 N–H and O–H groups in total. The van der Waals surface area contributed by atoms with Gasteiger partial charge in [-0.05, 0) is 24.1 Å². The van der Waals surface area contributed by atoms with Gasteiger partial charge in [0.05, 0.1) is 5.56 Å². The van der Waals surface area contributed by atoms with E-state index in [2.05, 4.69) is 0 Å². The third-order valence-electron chi connectivity index (χ3n) is 3.03. The van der Waals surface area contributed by atoms with E-state index in [0.29, 0.717) is 10.5 Å². The number of anilines is 1. The van der Waals surface area contributed by atoms with Crippen molar-refractivity contribution in [1.29, 1.82) is 0 Å². The maximum Gasteiger partial charge on any atom is 0.384 e. The summed E-state index contributed by atoms with van der Waals surface area (Å²) in [5.41, 5.74) is 0.201. The molecule has 0 unspecified atom stereocenters. The predicted octanol–water partition coefficient (Wildman–Crippen LogP) is 2.17. The molecule has 2 rings (SSSR count). The summed E-state index contributed by atoms with van der Waals surface area (Å²) in [5, 5.41) is 8.82. The highest BCUT2D eigenvalue weighted by atomic mass is 19.3. The van der Waals surface area contributed by atoms with E-state index in [1.54, 1.807) is 0 Å². The average molecular weight is 291 g/mol. The van der Waals surface area contributed by atoms with E-state index >= 15 is 0 Å². The Balaban J connectivity index is 2.38. The van der Waals surface area contributed by atoms with E-state index in [1.165, 1.54) is 12.1 Å². The maximum absolute atomic E-state index is 13.1. The zero-order valence-corrected chi connectivity index (χ0v) is 9.95. The molecule has 0 atom stereocenters. The Morgan fingerprint density at radius 3 is 2.50 bits per heavy atom. The van der Waals surface area contributed by atoms with Crippen LogP contribution in [0.1, 0.15) is 15.9 Å². The normalized spacial score (nSPS) is 14.6. The number of hydrogen-bond acceptors (Lipinski definition) is 2. The molecule has 0 aromatic heterocycles. The molecule has 0 bridgehead atoms. The van der Waals surface area contributed by atoms with Crippen LogP contribution in [-0.2, 0) is 11.2 Å². The van der Waals surface area contributed by atoms with Crippen molar-refractivity contribution in [3.8, 4) is 0 Å². The van der Waals surface area contributed by atoms with Crippen molar-refractivity contribution in [3.05, 3.63) is 29.3 Å². The molecule has 1 aromatic carbocycles. The largest absolute Gasteiger partial charge is 0.478 e. The van der Waals surface area contributed by atoms with Crippen LogP contribution in [0.4, 0.5) is 23.2 Å². The van der Waals surface area contributed by atoms with Crippen LogP contribution < -0.4 is 4.90 Å². The Morgan fingerprint density at radius 2 is 1.95 bits per heavy atom. The number of halogens is 4. The van der Waals surface area contributed by atoms with Crippen LogP contribution in [0.2, 0.25) is 0 Å². The van der Waals surface area contributed by atoms with Crippen molar-refractivity contribution in [1.82, 2.24) is 0 Å². The quantitative estimate of drug-likeness (QED) is 0.868. The van der Waals surface area contributed by atoms with E-state index in [1.807, 2.05) is 0 Å². The number of carbonyl (C=O) groups excluding carboxylic acids is 1. The molecular formula is C12H9F4NO3. The molecule has 8 heteroatoms. The van der Waals surface area contributed by atoms with Crippen LogP contribution >= 0.6 is 0 Å². The second-order valence-electron chi connectivity index (χ2n) is 4.28. The molecule has 0 radical (unpaired) electrons. The number of rotatable bonds is 3. The van der Waals surface area contributed by atoms with Gasteiger partial charge in [0.15, 0.2) is 0 Å². The zero-order chi connectivity index (χ0) is 15.1. The Morgan fingerprint density at radius 1 is 1.30 bits per heavy atom. The molecule has 1 aliphatic rings. The first-order valence-electron chi connectivity index (χ1n) is 5.59. The Labute approximate surface area is 110 Å². The highest BCUT2D eigenvalue weighted by Gasteiger charge is 2.52. The van der Waals surface area contributed by atoms with E-state index in [-0.39, 0.29) is 24.2 Å². The smallest absolute Gasteiger partial charge is 0.384 e. The van der Waals surface area contributed by atoms with Gasteiger partial charge in [-0.25, -0.2) is 13.6 Å². The van der Waals surface area contributed by atoms with Gasteiger partial charge in [-0.2, -0.15) is 8.78 Å². The Kier molecular flexibility index (Phi) is 3.41. The minimum Gasteiger partial charge on any atom is -0.478 e. The molecule has 108 valence electrons. The van der Waals surface area contributed by atoms with Crippen molar-refractivity contribution >= 4 is 17.6 Å². The number of aromatic carboxylic acids is 1. The Hall–Kier alpha value is -2.12. The van der Waals surface area contributed by atoms with E-state index in [9.17, 15) is 27.2 Å². The fourth-order valence-corrected chi connectivity index (χ4v) is 2.00. The van der Waals surface area contributed by atoms with Crippen molar-refractivity contribution in [3.63, 3.8) is 0 Å². The standard InChI is InChI=1S/C12H9F4NO3/c13-10(14)12(15,16)11(20)17-4-3-6-1-2-7(9(18)19)5-8(6)17/h1-2,5,10H,3-4H2,(H,18,19). The summed E-state index contributed by atoms with van der Waals surface area (Å²) in [4.78, 5) is 22.8. The average Bonchev–Trinajstić information content (AvgIpc) is 2.79. The van der Waals surface area contributed by atoms with Crippen LogP contribution in [0.5, 0.6) is 0 Å². The van der Waals surface area contributed by atoms with Crippen molar-refractivity contribution < 1.29 is 32.3 Å². The first-order chi connectivity index (χ1) is 9.25. The van der Waals surface area contributed by atoms with Crippen LogP contribution in [-0.4, -0.2) is 35.9 Å². The molecule has 1 aliphatic heterocycles. The first kappa shape index (κ1) is 14.3. The van der Waals surface area contributed by atoms with Crippen LogP contribution in [0.15, 0.2) is 18.2 Å². The van der Waals surface area contributed by atoms with Gasteiger partial charge in [0.25, 0.3) is 0 Å². The number of hydrogen-bond donors (Lipinski definition) is 1. The molecular weight excluding hydrogens is 282 g/mol. The fourth-order valence-electron chi connectivity index (χ4n) is 2.00. The number of benzene rings is 1. The van der Waals surface area contributed by atoms with Gasteiger partial charge in [-0.3, -0.25) is 4.79 Å². The number of fused-ring (bicyclic) bond motifs is 1. The van der Waals surface area contributed by atoms with Gasteiger partial charge < -0.3 is 10.0 Å². The summed E-state index contributed by atoms with van der Waals surface area (Å²) in [5.74, 6) is -8.11. The number of carbonyl (C=O) groups is 2. The molecule has 0 saturated heterocycles. The van der Waals surface area contributed by atoms with Gasteiger partial charge >= 0.3 is 24.2 Å². The first-order valence-corrected chi connectivity index (χ1v) is 5.59. The lowest BCUT2D eigenvalue weighted by atomic mass is 10.1. The highest BCUT2D eigenvalue weighted by Crippen LogP contribution is 2.34. The topological polar surface area (TPSA) is 57.6 Å². The summed E-state index contributed by atoms with van der Waals surface area (Å²) in [6.45, 7) is -0.181. The predicted molar refractivity (Wildman–Crippen MR) is 60.4 cm³/mol. The van der Waals surface area contributed by atoms with Crippen LogP contribution in [0.25, 0.3) is 0 Å². The van der Waals surface area contributed by atoms with Gasteiger partial charge in [0.1, 0.15) is 0 Å². The van der Waals surface area contributed by atoms with Gasteiger partial charge in [-0.15, -0.1) is 0 Å². The highest BCUT2D eigenvalue weighted by molar-refractivity contribution is 6.01. The Bertz CT molecular complexity index is 574. The molecule has 4 nitrogen and oxygen atoms in total. The lowest BCUT2D eigenvalue weighted by molar-refractivity contribution is -0.166. The van der Waals surface area contributed by atoms with E-state index in [4.69, 9.17) is 5.11 Å². The third kappa shape index (κ3) is 2.21. The maximum atomic E-state index is 13.1. The number of nitrogens with zero attached hydrogens (tertiary/aromatic N) is 1. The minimum atomic E-state index is -4.79. The SMILES string of the molecule is O=C(O)c1ccc2c(c1)N(C(=O)C(F)(F)C(F)F)CC2. The summed E-state index contributed by atoms with van der Waals surface area (Å²) in [7, 11) is 0. The molecule has 0 aliphatic carbocycles. The zero-order valence-electron chi connectivity index (χ0n) is 9.95. The summed E-state index contributed by atoms with van der Waals surface area (Å²) >= 11 is 0. The van der Waals surface area contributed by atoms with Crippen LogP contribution in [0, 0.1) is 0 Å². The van der Waals surface area contributed by atoms with Crippen molar-refractivity contribution in [2.45, 2.75) is 18.8 Å². The van der Waals surface area contributed by atoms with Gasteiger partial charge in [0, 0.05) is 12.2 Å². The molecule has 0 fully saturated rings. The number of alkyl halides is 4. The van der Waals surface area contributed by atoms with Gasteiger partial charge in [-0.1, -0.05) is 6.07 Å². The van der Waals surface area contributed by atoms with Crippen molar-refractivity contribution in [2.24, 2.45) is 0 Å². The van der Waals surface area contributed by atoms with Crippen LogP contribution in [0.3, 0.4) is 0 Å². The third-order valence-corrected chi connectivity index (χ3v) is 3.03. The number of carboxylic acids is 1. The fraction of sp³-hybridized carbons (Fsp3) is 0.333. The molecule has 0 saturated carbocycles. The second-order valence-corrected chi connectivity index (χ2v) is 4.28. The van der Waals surface area contributed by atoms with Crippen molar-refractivity contribution in [2.75, 3.05) is 11.4 Å². The summed E-state index contributed by atoms with van der Waals surface area (Å²) in [6, 6.07) is 3.68. The number of carboxylic acid groups (broad SMARTS) is 1. The van der Waals surface area contributed by atoms with E-state index in [0.717, 1.165) is 6.07 Å². The molecule has 20 heavy (non-hydrogen) atoms. The molecule has 1 amide bonds. The molecule has 1 heterocycles. The molecule has 0 spiro atoms.